The fraction of sp³-hybridized carbons (Fsp3) is 0.500. The van der Waals surface area contributed by atoms with Gasteiger partial charge >= 0.3 is 0 Å². The van der Waals surface area contributed by atoms with Gasteiger partial charge in [-0.15, -0.1) is 0 Å². The third-order valence-electron chi connectivity index (χ3n) is 3.46. The van der Waals surface area contributed by atoms with Crippen LogP contribution in [0, 0.1) is 0 Å². The number of carbonyl (C=O) groups is 1. The molecule has 2 aromatic rings. The Labute approximate surface area is 120 Å². The predicted molar refractivity (Wildman–Crippen MR) is 70.5 cm³/mol. The van der Waals surface area contributed by atoms with Crippen molar-refractivity contribution in [2.75, 3.05) is 13.1 Å². The molecule has 0 aliphatic carbocycles. The van der Waals surface area contributed by atoms with Gasteiger partial charge in [-0.3, -0.25) is 9.48 Å². The normalized spacial score (nSPS) is 18.7. The number of likely N-dealkylation sites (tertiary alicyclic amines) is 1. The Morgan fingerprint density at radius 3 is 3.10 bits per heavy atom. The maximum absolute atomic E-state index is 12.4. The van der Waals surface area contributed by atoms with Crippen LogP contribution >= 0.6 is 11.6 Å². The summed E-state index contributed by atoms with van der Waals surface area (Å²) in [6.07, 6.45) is 3.79. The fourth-order valence-electron chi connectivity index (χ4n) is 2.37. The molecule has 3 heterocycles. The van der Waals surface area contributed by atoms with E-state index < -0.39 is 0 Å². The van der Waals surface area contributed by atoms with Gasteiger partial charge in [0.25, 0.3) is 5.91 Å². The molecule has 0 spiro atoms. The molecule has 0 aromatic carbocycles. The van der Waals surface area contributed by atoms with Crippen LogP contribution in [0.25, 0.3) is 0 Å². The van der Waals surface area contributed by atoms with E-state index >= 15 is 0 Å². The maximum Gasteiger partial charge on any atom is 0.275 e. The van der Waals surface area contributed by atoms with Crippen molar-refractivity contribution < 1.29 is 9.32 Å². The molecule has 3 rings (SSSR count). The van der Waals surface area contributed by atoms with Gasteiger partial charge in [-0.05, 0) is 13.3 Å². The molecule has 1 atom stereocenters. The standard InChI is InChI=1S/C12H14ClN5O2/c1-2-18-6-9(13)10(15-18)12(19)17-4-3-8(5-17)11-14-7-20-16-11/h6-8H,2-5H2,1H3/t8-/m0/s1. The first-order chi connectivity index (χ1) is 9.69. The number of rotatable bonds is 3. The van der Waals surface area contributed by atoms with Crippen LogP contribution in [-0.4, -0.2) is 43.8 Å². The molecule has 0 radical (unpaired) electrons. The number of carbonyl (C=O) groups excluding carboxylic acids is 1. The minimum absolute atomic E-state index is 0.115. The number of aromatic nitrogens is 4. The second-order valence-electron chi connectivity index (χ2n) is 4.71. The smallest absolute Gasteiger partial charge is 0.275 e. The second kappa shape index (κ2) is 5.24. The van der Waals surface area contributed by atoms with Gasteiger partial charge in [0.1, 0.15) is 0 Å². The van der Waals surface area contributed by atoms with Crippen LogP contribution in [0.2, 0.25) is 5.02 Å². The van der Waals surface area contributed by atoms with Crippen LogP contribution in [0.15, 0.2) is 17.1 Å². The average Bonchev–Trinajstić information content (AvgIpc) is 3.17. The lowest BCUT2D eigenvalue weighted by Gasteiger charge is -2.14. The Bertz CT molecular complexity index is 609. The van der Waals surface area contributed by atoms with Crippen molar-refractivity contribution >= 4 is 17.5 Å². The summed E-state index contributed by atoms with van der Waals surface area (Å²) in [5, 5.41) is 8.42. The zero-order chi connectivity index (χ0) is 14.1. The summed E-state index contributed by atoms with van der Waals surface area (Å²) in [6, 6.07) is 0. The van der Waals surface area contributed by atoms with Gasteiger partial charge in [-0.2, -0.15) is 10.1 Å². The summed E-state index contributed by atoms with van der Waals surface area (Å²) in [5.74, 6) is 0.614. The van der Waals surface area contributed by atoms with E-state index in [1.165, 1.54) is 6.39 Å². The number of nitrogens with zero attached hydrogens (tertiary/aromatic N) is 5. The summed E-state index contributed by atoms with van der Waals surface area (Å²) in [5.41, 5.74) is 0.308. The van der Waals surface area contributed by atoms with Crippen molar-refractivity contribution in [3.63, 3.8) is 0 Å². The van der Waals surface area contributed by atoms with E-state index in [1.807, 2.05) is 6.92 Å². The molecular weight excluding hydrogens is 282 g/mol. The van der Waals surface area contributed by atoms with E-state index in [0.717, 1.165) is 6.42 Å². The van der Waals surface area contributed by atoms with E-state index in [9.17, 15) is 4.79 Å². The summed E-state index contributed by atoms with van der Waals surface area (Å²) in [6.45, 7) is 3.83. The summed E-state index contributed by atoms with van der Waals surface area (Å²) in [7, 11) is 0. The third-order valence-corrected chi connectivity index (χ3v) is 3.74. The monoisotopic (exact) mass is 295 g/mol. The van der Waals surface area contributed by atoms with Crippen LogP contribution in [0.3, 0.4) is 0 Å². The summed E-state index contributed by atoms with van der Waals surface area (Å²) in [4.78, 5) is 18.2. The third kappa shape index (κ3) is 2.29. The van der Waals surface area contributed by atoms with Crippen LogP contribution in [0.1, 0.15) is 35.6 Å². The minimum Gasteiger partial charge on any atom is -0.343 e. The fourth-order valence-corrected chi connectivity index (χ4v) is 2.60. The zero-order valence-electron chi connectivity index (χ0n) is 11.0. The van der Waals surface area contributed by atoms with Crippen molar-refractivity contribution in [1.29, 1.82) is 0 Å². The molecule has 2 aromatic heterocycles. The molecular formula is C12H14ClN5O2. The number of halogens is 1. The lowest BCUT2D eigenvalue weighted by molar-refractivity contribution is 0.0784. The van der Waals surface area contributed by atoms with Gasteiger partial charge in [0, 0.05) is 31.7 Å². The Morgan fingerprint density at radius 1 is 1.60 bits per heavy atom. The van der Waals surface area contributed by atoms with Gasteiger partial charge in [-0.25, -0.2) is 0 Å². The van der Waals surface area contributed by atoms with Crippen LogP contribution in [-0.2, 0) is 6.54 Å². The second-order valence-corrected chi connectivity index (χ2v) is 5.11. The molecule has 1 aliphatic rings. The number of hydrogen-bond donors (Lipinski definition) is 0. The van der Waals surface area contributed by atoms with E-state index in [-0.39, 0.29) is 11.8 Å². The Balaban J connectivity index is 1.74. The number of amides is 1. The maximum atomic E-state index is 12.4. The lowest BCUT2D eigenvalue weighted by atomic mass is 10.1. The molecule has 1 saturated heterocycles. The number of aryl methyl sites for hydroxylation is 1. The first-order valence-corrected chi connectivity index (χ1v) is 6.85. The van der Waals surface area contributed by atoms with Crippen LogP contribution in [0.4, 0.5) is 0 Å². The van der Waals surface area contributed by atoms with Crippen LogP contribution in [0.5, 0.6) is 0 Å². The van der Waals surface area contributed by atoms with Crippen molar-refractivity contribution in [2.45, 2.75) is 25.8 Å². The quantitative estimate of drug-likeness (QED) is 0.859. The minimum atomic E-state index is -0.145. The molecule has 1 fully saturated rings. The highest BCUT2D eigenvalue weighted by molar-refractivity contribution is 6.33. The molecule has 0 bridgehead atoms. The summed E-state index contributed by atoms with van der Waals surface area (Å²) < 4.78 is 6.40. The Hall–Kier alpha value is -1.89. The van der Waals surface area contributed by atoms with Crippen molar-refractivity contribution in [3.05, 3.63) is 29.1 Å². The van der Waals surface area contributed by atoms with Crippen molar-refractivity contribution in [3.8, 4) is 0 Å². The first-order valence-electron chi connectivity index (χ1n) is 6.47. The molecule has 1 aliphatic heterocycles. The predicted octanol–water partition coefficient (Wildman–Crippen LogP) is 1.57. The highest BCUT2D eigenvalue weighted by Crippen LogP contribution is 2.26. The topological polar surface area (TPSA) is 77.0 Å². The SMILES string of the molecule is CCn1cc(Cl)c(C(=O)N2CC[C@H](c3ncon3)C2)n1. The number of hydrogen-bond acceptors (Lipinski definition) is 5. The van der Waals surface area contributed by atoms with Crippen molar-refractivity contribution in [2.24, 2.45) is 0 Å². The summed E-state index contributed by atoms with van der Waals surface area (Å²) >= 11 is 6.06. The molecule has 0 saturated carbocycles. The van der Waals surface area contributed by atoms with E-state index in [0.29, 0.717) is 36.2 Å². The van der Waals surface area contributed by atoms with Gasteiger partial charge in [0.15, 0.2) is 11.5 Å². The molecule has 106 valence electrons. The highest BCUT2D eigenvalue weighted by atomic mass is 35.5. The highest BCUT2D eigenvalue weighted by Gasteiger charge is 2.32. The molecule has 0 N–H and O–H groups in total. The Kier molecular flexibility index (Phi) is 3.43. The van der Waals surface area contributed by atoms with Gasteiger partial charge < -0.3 is 9.42 Å². The molecule has 20 heavy (non-hydrogen) atoms. The lowest BCUT2D eigenvalue weighted by Crippen LogP contribution is -2.29. The zero-order valence-corrected chi connectivity index (χ0v) is 11.7. The van der Waals surface area contributed by atoms with Crippen LogP contribution < -0.4 is 0 Å². The largest absolute Gasteiger partial charge is 0.343 e. The van der Waals surface area contributed by atoms with Crippen molar-refractivity contribution in [1.82, 2.24) is 24.8 Å². The van der Waals surface area contributed by atoms with Gasteiger partial charge in [-0.1, -0.05) is 16.8 Å². The molecule has 1 amide bonds. The first kappa shape index (κ1) is 13.1. The molecule has 8 heteroatoms. The molecule has 0 unspecified atom stereocenters. The Morgan fingerprint density at radius 2 is 2.45 bits per heavy atom. The van der Waals surface area contributed by atoms with E-state index in [1.54, 1.807) is 15.8 Å². The van der Waals surface area contributed by atoms with Gasteiger partial charge in [0.2, 0.25) is 6.39 Å². The van der Waals surface area contributed by atoms with E-state index in [4.69, 9.17) is 16.1 Å². The van der Waals surface area contributed by atoms with Gasteiger partial charge in [0.05, 0.1) is 5.02 Å². The van der Waals surface area contributed by atoms with E-state index in [2.05, 4.69) is 15.2 Å². The molecule has 7 nitrogen and oxygen atoms in total. The average molecular weight is 296 g/mol.